The van der Waals surface area contributed by atoms with E-state index in [9.17, 15) is 27.9 Å². The summed E-state index contributed by atoms with van der Waals surface area (Å²) < 4.78 is 37.9. The first kappa shape index (κ1) is 20.6. The van der Waals surface area contributed by atoms with Crippen molar-refractivity contribution in [2.24, 2.45) is 5.92 Å². The molecule has 0 aromatic heterocycles. The maximum absolute atomic E-state index is 12.6. The summed E-state index contributed by atoms with van der Waals surface area (Å²) in [6, 6.07) is 4.72. The van der Waals surface area contributed by atoms with Crippen molar-refractivity contribution in [2.75, 3.05) is 11.5 Å². The maximum atomic E-state index is 12.6. The molecule has 1 fully saturated rings. The van der Waals surface area contributed by atoms with Crippen LogP contribution in [0.3, 0.4) is 0 Å². The van der Waals surface area contributed by atoms with Crippen LogP contribution < -0.4 is 5.32 Å². The van der Waals surface area contributed by atoms with Gasteiger partial charge in [0.25, 0.3) is 0 Å². The largest absolute Gasteiger partial charge is 0.480 e. The predicted octanol–water partition coefficient (Wildman–Crippen LogP) is 3.74. The number of aliphatic carboxylic acids is 1. The quantitative estimate of drug-likeness (QED) is 0.778. The van der Waals surface area contributed by atoms with E-state index in [1.807, 2.05) is 0 Å². The van der Waals surface area contributed by atoms with Crippen LogP contribution in [0.2, 0.25) is 0 Å². The van der Waals surface area contributed by atoms with E-state index in [4.69, 9.17) is 0 Å². The Morgan fingerprint density at radius 3 is 2.27 bits per heavy atom. The fourth-order valence-electron chi connectivity index (χ4n) is 2.99. The standard InChI is InChI=1S/C18H22F3NO3S/c1-2-13(11-12-3-5-14(6-4-12)18(19,20)21)15(23)22-17(16(24)25)7-9-26-10-8-17/h3-6,13H,2,7-11H2,1H3,(H,22,23)(H,24,25). The van der Waals surface area contributed by atoms with Gasteiger partial charge >= 0.3 is 12.1 Å². The van der Waals surface area contributed by atoms with Crippen LogP contribution in [-0.4, -0.2) is 34.0 Å². The lowest BCUT2D eigenvalue weighted by Gasteiger charge is -2.35. The fraction of sp³-hybridized carbons (Fsp3) is 0.556. The van der Waals surface area contributed by atoms with E-state index in [1.54, 1.807) is 18.7 Å². The second-order valence-corrected chi connectivity index (χ2v) is 7.72. The van der Waals surface area contributed by atoms with Gasteiger partial charge in [0.2, 0.25) is 5.91 Å². The van der Waals surface area contributed by atoms with Gasteiger partial charge in [-0.2, -0.15) is 24.9 Å². The summed E-state index contributed by atoms with van der Waals surface area (Å²) in [7, 11) is 0. The Bertz CT molecular complexity index is 640. The molecule has 0 spiro atoms. The van der Waals surface area contributed by atoms with Crippen LogP contribution in [0.5, 0.6) is 0 Å². The van der Waals surface area contributed by atoms with E-state index < -0.39 is 29.2 Å². The van der Waals surface area contributed by atoms with E-state index in [0.29, 0.717) is 36.3 Å². The van der Waals surface area contributed by atoms with Crippen molar-refractivity contribution in [3.8, 4) is 0 Å². The SMILES string of the molecule is CCC(Cc1ccc(C(F)(F)F)cc1)C(=O)NC1(C(=O)O)CCSCC1. The summed E-state index contributed by atoms with van der Waals surface area (Å²) in [4.78, 5) is 24.3. The van der Waals surface area contributed by atoms with Gasteiger partial charge in [0.15, 0.2) is 0 Å². The second-order valence-electron chi connectivity index (χ2n) is 6.49. The molecule has 1 saturated heterocycles. The molecule has 1 aliphatic heterocycles. The number of alkyl halides is 3. The summed E-state index contributed by atoms with van der Waals surface area (Å²) in [6.07, 6.45) is -2.92. The highest BCUT2D eigenvalue weighted by molar-refractivity contribution is 7.99. The Balaban J connectivity index is 2.07. The molecule has 4 nitrogen and oxygen atoms in total. The van der Waals surface area contributed by atoms with Crippen molar-refractivity contribution in [1.29, 1.82) is 0 Å². The molecule has 0 bridgehead atoms. The predicted molar refractivity (Wildman–Crippen MR) is 94.0 cm³/mol. The number of carbonyl (C=O) groups is 2. The molecule has 1 aliphatic rings. The number of hydrogen-bond donors (Lipinski definition) is 2. The minimum absolute atomic E-state index is 0.269. The van der Waals surface area contributed by atoms with Crippen LogP contribution in [0, 0.1) is 5.92 Å². The van der Waals surface area contributed by atoms with Gasteiger partial charge in [0, 0.05) is 5.92 Å². The molecule has 0 radical (unpaired) electrons. The average molecular weight is 389 g/mol. The first-order valence-corrected chi connectivity index (χ1v) is 9.63. The Morgan fingerprint density at radius 2 is 1.81 bits per heavy atom. The molecule has 0 aliphatic carbocycles. The van der Waals surface area contributed by atoms with Gasteiger partial charge in [-0.05, 0) is 54.9 Å². The summed E-state index contributed by atoms with van der Waals surface area (Å²) in [5.41, 5.74) is -1.36. The zero-order chi connectivity index (χ0) is 19.4. The van der Waals surface area contributed by atoms with Gasteiger partial charge in [-0.1, -0.05) is 19.1 Å². The minimum Gasteiger partial charge on any atom is -0.480 e. The van der Waals surface area contributed by atoms with Crippen molar-refractivity contribution in [1.82, 2.24) is 5.32 Å². The summed E-state index contributed by atoms with van der Waals surface area (Å²) in [5.74, 6) is -0.542. The number of carboxylic acids is 1. The zero-order valence-electron chi connectivity index (χ0n) is 14.4. The molecule has 1 atom stereocenters. The summed E-state index contributed by atoms with van der Waals surface area (Å²) in [5, 5.41) is 12.3. The molecule has 2 N–H and O–H groups in total. The third-order valence-electron chi connectivity index (χ3n) is 4.75. The fourth-order valence-corrected chi connectivity index (χ4v) is 4.18. The van der Waals surface area contributed by atoms with Crippen molar-refractivity contribution < 1.29 is 27.9 Å². The Kier molecular flexibility index (Phi) is 6.60. The van der Waals surface area contributed by atoms with Crippen molar-refractivity contribution in [3.05, 3.63) is 35.4 Å². The molecular formula is C18H22F3NO3S. The van der Waals surface area contributed by atoms with Crippen LogP contribution in [-0.2, 0) is 22.2 Å². The van der Waals surface area contributed by atoms with E-state index in [-0.39, 0.29) is 12.3 Å². The third-order valence-corrected chi connectivity index (χ3v) is 5.73. The molecule has 1 aromatic carbocycles. The van der Waals surface area contributed by atoms with Crippen molar-refractivity contribution >= 4 is 23.6 Å². The first-order valence-electron chi connectivity index (χ1n) is 8.47. The monoisotopic (exact) mass is 389 g/mol. The lowest BCUT2D eigenvalue weighted by molar-refractivity contribution is -0.148. The topological polar surface area (TPSA) is 66.4 Å². The highest BCUT2D eigenvalue weighted by Crippen LogP contribution is 2.30. The number of rotatable bonds is 6. The lowest BCUT2D eigenvalue weighted by atomic mass is 9.89. The summed E-state index contributed by atoms with van der Waals surface area (Å²) in [6.45, 7) is 1.80. The van der Waals surface area contributed by atoms with E-state index in [2.05, 4.69) is 5.32 Å². The van der Waals surface area contributed by atoms with Gasteiger partial charge in [-0.3, -0.25) is 4.79 Å². The number of amides is 1. The minimum atomic E-state index is -4.40. The number of thioether (sulfide) groups is 1. The van der Waals surface area contributed by atoms with Gasteiger partial charge in [-0.25, -0.2) is 4.79 Å². The smallest absolute Gasteiger partial charge is 0.416 e. The molecule has 144 valence electrons. The van der Waals surface area contributed by atoms with Crippen LogP contribution in [0.4, 0.5) is 13.2 Å². The number of nitrogens with one attached hydrogen (secondary N) is 1. The molecule has 1 heterocycles. The number of carboxylic acid groups (broad SMARTS) is 1. The molecule has 1 amide bonds. The van der Waals surface area contributed by atoms with E-state index in [1.165, 1.54) is 12.1 Å². The zero-order valence-corrected chi connectivity index (χ0v) is 15.3. The van der Waals surface area contributed by atoms with E-state index in [0.717, 1.165) is 12.1 Å². The van der Waals surface area contributed by atoms with Crippen LogP contribution in [0.25, 0.3) is 0 Å². The Hall–Kier alpha value is -1.70. The molecule has 2 rings (SSSR count). The summed E-state index contributed by atoms with van der Waals surface area (Å²) >= 11 is 1.66. The normalized spacial score (nSPS) is 18.2. The van der Waals surface area contributed by atoms with E-state index >= 15 is 0 Å². The highest BCUT2D eigenvalue weighted by Gasteiger charge is 2.42. The third kappa shape index (κ3) is 4.93. The lowest BCUT2D eigenvalue weighted by Crippen LogP contribution is -2.57. The highest BCUT2D eigenvalue weighted by atomic mass is 32.2. The van der Waals surface area contributed by atoms with Gasteiger partial charge < -0.3 is 10.4 Å². The van der Waals surface area contributed by atoms with Crippen LogP contribution >= 0.6 is 11.8 Å². The number of hydrogen-bond acceptors (Lipinski definition) is 3. The molecule has 1 unspecified atom stereocenters. The average Bonchev–Trinajstić information content (AvgIpc) is 2.59. The van der Waals surface area contributed by atoms with Crippen molar-refractivity contribution in [3.63, 3.8) is 0 Å². The number of halogens is 3. The second kappa shape index (κ2) is 8.33. The Morgan fingerprint density at radius 1 is 1.23 bits per heavy atom. The van der Waals surface area contributed by atoms with Gasteiger partial charge in [0.1, 0.15) is 5.54 Å². The van der Waals surface area contributed by atoms with Crippen molar-refractivity contribution in [2.45, 2.75) is 44.3 Å². The van der Waals surface area contributed by atoms with Gasteiger partial charge in [-0.15, -0.1) is 0 Å². The molecular weight excluding hydrogens is 367 g/mol. The molecule has 1 aromatic rings. The molecule has 26 heavy (non-hydrogen) atoms. The Labute approximate surface area is 154 Å². The molecule has 0 saturated carbocycles. The van der Waals surface area contributed by atoms with Gasteiger partial charge in [0.05, 0.1) is 5.56 Å². The number of benzene rings is 1. The maximum Gasteiger partial charge on any atom is 0.416 e. The van der Waals surface area contributed by atoms with Crippen LogP contribution in [0.1, 0.15) is 37.3 Å². The first-order chi connectivity index (χ1) is 12.2. The number of carbonyl (C=O) groups excluding carboxylic acids is 1. The van der Waals surface area contributed by atoms with Crippen LogP contribution in [0.15, 0.2) is 24.3 Å². The molecule has 8 heteroatoms.